The summed E-state index contributed by atoms with van der Waals surface area (Å²) in [5.41, 5.74) is 4.29. The molecule has 0 saturated carbocycles. The Morgan fingerprint density at radius 2 is 2.06 bits per heavy atom. The standard InChI is InChI=1S/C9H7ClF2N2O2S/c10-17(15,16)8-2-5(3-13)7(9(11)12)1-6(8)4-14/h1-2,9H,3,13H2. The first-order valence-corrected chi connectivity index (χ1v) is 6.62. The fourth-order valence-electron chi connectivity index (χ4n) is 1.31. The van der Waals surface area contributed by atoms with E-state index in [9.17, 15) is 17.2 Å². The predicted molar refractivity (Wildman–Crippen MR) is 57.0 cm³/mol. The summed E-state index contributed by atoms with van der Waals surface area (Å²) in [5, 5.41) is 8.70. The monoisotopic (exact) mass is 280 g/mol. The zero-order valence-corrected chi connectivity index (χ0v) is 9.89. The van der Waals surface area contributed by atoms with E-state index in [1.807, 2.05) is 0 Å². The third-order valence-electron chi connectivity index (χ3n) is 2.08. The van der Waals surface area contributed by atoms with Gasteiger partial charge >= 0.3 is 0 Å². The molecule has 8 heteroatoms. The van der Waals surface area contributed by atoms with Crippen LogP contribution in [0.4, 0.5) is 8.78 Å². The fourth-order valence-corrected chi connectivity index (χ4v) is 2.34. The van der Waals surface area contributed by atoms with Gasteiger partial charge in [-0.3, -0.25) is 0 Å². The first kappa shape index (κ1) is 13.8. The largest absolute Gasteiger partial charge is 0.326 e. The molecule has 0 spiro atoms. The quantitative estimate of drug-likeness (QED) is 0.857. The van der Waals surface area contributed by atoms with Gasteiger partial charge in [0.2, 0.25) is 0 Å². The van der Waals surface area contributed by atoms with Gasteiger partial charge in [-0.15, -0.1) is 0 Å². The van der Waals surface area contributed by atoms with Crippen LogP contribution in [0.15, 0.2) is 17.0 Å². The topological polar surface area (TPSA) is 83.9 Å². The van der Waals surface area contributed by atoms with Gasteiger partial charge in [-0.25, -0.2) is 17.2 Å². The highest BCUT2D eigenvalue weighted by Crippen LogP contribution is 2.29. The van der Waals surface area contributed by atoms with Crippen molar-refractivity contribution in [1.29, 1.82) is 5.26 Å². The van der Waals surface area contributed by atoms with Crippen molar-refractivity contribution in [2.45, 2.75) is 17.9 Å². The Hall–Kier alpha value is -1.23. The van der Waals surface area contributed by atoms with E-state index in [4.69, 9.17) is 21.7 Å². The molecule has 2 N–H and O–H groups in total. The summed E-state index contributed by atoms with van der Waals surface area (Å²) in [7, 11) is 0.925. The lowest BCUT2D eigenvalue weighted by Crippen LogP contribution is -2.06. The zero-order valence-electron chi connectivity index (χ0n) is 8.32. The Labute approximate surface area is 101 Å². The van der Waals surface area contributed by atoms with Gasteiger partial charge in [0, 0.05) is 22.8 Å². The molecule has 0 unspecified atom stereocenters. The number of nitriles is 1. The van der Waals surface area contributed by atoms with Crippen LogP contribution in [0.25, 0.3) is 0 Å². The van der Waals surface area contributed by atoms with Gasteiger partial charge in [0.05, 0.1) is 5.56 Å². The normalized spacial score (nSPS) is 11.5. The van der Waals surface area contributed by atoms with Gasteiger partial charge in [0.25, 0.3) is 15.5 Å². The molecule has 1 aromatic carbocycles. The zero-order chi connectivity index (χ0) is 13.2. The second-order valence-corrected chi connectivity index (χ2v) is 5.64. The van der Waals surface area contributed by atoms with Gasteiger partial charge in [-0.1, -0.05) is 0 Å². The highest BCUT2D eigenvalue weighted by atomic mass is 35.7. The highest BCUT2D eigenvalue weighted by Gasteiger charge is 2.21. The number of rotatable bonds is 3. The van der Waals surface area contributed by atoms with Crippen LogP contribution in [0.5, 0.6) is 0 Å². The van der Waals surface area contributed by atoms with E-state index < -0.39 is 31.5 Å². The lowest BCUT2D eigenvalue weighted by Gasteiger charge is -2.09. The average Bonchev–Trinajstić information content (AvgIpc) is 2.25. The molecule has 0 aromatic heterocycles. The van der Waals surface area contributed by atoms with Crippen LogP contribution in [0.1, 0.15) is 23.1 Å². The minimum atomic E-state index is -4.17. The van der Waals surface area contributed by atoms with E-state index in [1.54, 1.807) is 0 Å². The van der Waals surface area contributed by atoms with E-state index >= 15 is 0 Å². The molecule has 1 rings (SSSR count). The molecule has 0 heterocycles. The maximum atomic E-state index is 12.6. The summed E-state index contributed by atoms with van der Waals surface area (Å²) < 4.78 is 47.5. The van der Waals surface area contributed by atoms with Crippen LogP contribution in [-0.4, -0.2) is 8.42 Å². The number of alkyl halides is 2. The molecule has 0 aliphatic carbocycles. The lowest BCUT2D eigenvalue weighted by atomic mass is 10.0. The number of nitrogens with two attached hydrogens (primary N) is 1. The maximum Gasteiger partial charge on any atom is 0.264 e. The Balaban J connectivity index is 3.62. The van der Waals surface area contributed by atoms with Crippen molar-refractivity contribution in [2.24, 2.45) is 5.73 Å². The van der Waals surface area contributed by atoms with Crippen molar-refractivity contribution in [2.75, 3.05) is 0 Å². The highest BCUT2D eigenvalue weighted by molar-refractivity contribution is 8.13. The number of nitrogens with zero attached hydrogens (tertiary/aromatic N) is 1. The minimum absolute atomic E-state index is 0.0572. The molecule has 1 aromatic rings. The molecule has 0 bridgehead atoms. The first-order chi connectivity index (χ1) is 7.81. The fraction of sp³-hybridized carbons (Fsp3) is 0.222. The molecule has 17 heavy (non-hydrogen) atoms. The SMILES string of the molecule is N#Cc1cc(C(F)F)c(CN)cc1S(=O)(=O)Cl. The summed E-state index contributed by atoms with van der Waals surface area (Å²) in [6.07, 6.45) is -2.84. The third kappa shape index (κ3) is 2.91. The van der Waals surface area contributed by atoms with Crippen molar-refractivity contribution in [3.05, 3.63) is 28.8 Å². The molecule has 4 nitrogen and oxygen atoms in total. The summed E-state index contributed by atoms with van der Waals surface area (Å²) >= 11 is 0. The van der Waals surface area contributed by atoms with Gasteiger partial charge in [0.1, 0.15) is 11.0 Å². The van der Waals surface area contributed by atoms with Crippen molar-refractivity contribution < 1.29 is 17.2 Å². The molecule has 0 saturated heterocycles. The smallest absolute Gasteiger partial charge is 0.264 e. The van der Waals surface area contributed by atoms with Gasteiger partial charge < -0.3 is 5.73 Å². The molecule has 0 atom stereocenters. The summed E-state index contributed by atoms with van der Waals surface area (Å²) in [6, 6.07) is 3.21. The number of hydrogen-bond acceptors (Lipinski definition) is 4. The molecule has 92 valence electrons. The van der Waals surface area contributed by atoms with E-state index in [2.05, 4.69) is 0 Å². The van der Waals surface area contributed by atoms with E-state index in [-0.39, 0.29) is 12.1 Å². The molecule has 0 amide bonds. The Morgan fingerprint density at radius 1 is 1.47 bits per heavy atom. The number of hydrogen-bond donors (Lipinski definition) is 1. The molecular weight excluding hydrogens is 274 g/mol. The van der Waals surface area contributed by atoms with Crippen molar-refractivity contribution in [3.63, 3.8) is 0 Å². The van der Waals surface area contributed by atoms with Crippen LogP contribution in [0.3, 0.4) is 0 Å². The maximum absolute atomic E-state index is 12.6. The van der Waals surface area contributed by atoms with Crippen LogP contribution in [-0.2, 0) is 15.6 Å². The van der Waals surface area contributed by atoms with Crippen molar-refractivity contribution >= 4 is 19.7 Å². The van der Waals surface area contributed by atoms with Gasteiger partial charge in [-0.2, -0.15) is 5.26 Å². The molecule has 0 aliphatic heterocycles. The second kappa shape index (κ2) is 4.96. The van der Waals surface area contributed by atoms with E-state index in [1.165, 1.54) is 6.07 Å². The number of halogens is 3. The van der Waals surface area contributed by atoms with Crippen LogP contribution in [0, 0.1) is 11.3 Å². The number of benzene rings is 1. The van der Waals surface area contributed by atoms with E-state index in [0.717, 1.165) is 12.1 Å². The predicted octanol–water partition coefficient (Wildman–Crippen LogP) is 1.88. The van der Waals surface area contributed by atoms with Gasteiger partial charge in [-0.05, 0) is 17.7 Å². The van der Waals surface area contributed by atoms with Crippen LogP contribution in [0.2, 0.25) is 0 Å². The van der Waals surface area contributed by atoms with Gasteiger partial charge in [0.15, 0.2) is 0 Å². The molecule has 0 aliphatic rings. The Morgan fingerprint density at radius 3 is 2.41 bits per heavy atom. The van der Waals surface area contributed by atoms with Crippen molar-refractivity contribution in [1.82, 2.24) is 0 Å². The summed E-state index contributed by atoms with van der Waals surface area (Å²) in [6.45, 7) is -0.273. The van der Waals surface area contributed by atoms with Crippen LogP contribution < -0.4 is 5.73 Å². The summed E-state index contributed by atoms with van der Waals surface area (Å²) in [4.78, 5) is -0.508. The Kier molecular flexibility index (Phi) is 4.03. The van der Waals surface area contributed by atoms with Crippen molar-refractivity contribution in [3.8, 4) is 6.07 Å². The average molecular weight is 281 g/mol. The first-order valence-electron chi connectivity index (χ1n) is 4.31. The Bertz CT molecular complexity index is 581. The van der Waals surface area contributed by atoms with E-state index in [0.29, 0.717) is 0 Å². The van der Waals surface area contributed by atoms with Crippen LogP contribution >= 0.6 is 10.7 Å². The molecular formula is C9H7ClF2N2O2S. The second-order valence-electron chi connectivity index (χ2n) is 3.10. The summed E-state index contributed by atoms with van der Waals surface area (Å²) in [5.74, 6) is 0. The lowest BCUT2D eigenvalue weighted by molar-refractivity contribution is 0.150. The minimum Gasteiger partial charge on any atom is -0.326 e. The third-order valence-corrected chi connectivity index (χ3v) is 3.44. The molecule has 0 radical (unpaired) electrons. The molecule has 0 fully saturated rings.